The predicted octanol–water partition coefficient (Wildman–Crippen LogP) is 2.67. The average Bonchev–Trinajstić information content (AvgIpc) is 2.68. The molecule has 4 heteroatoms. The molecule has 1 aromatic heterocycles. The number of aromatic nitrogens is 1. The third-order valence-corrected chi connectivity index (χ3v) is 3.11. The molecule has 1 fully saturated rings. The SMILES string of the molecule is CC1CCC(c2nc(C(=O)O)co2)CC1. The summed E-state index contributed by atoms with van der Waals surface area (Å²) in [6, 6.07) is 0. The van der Waals surface area contributed by atoms with E-state index in [1.165, 1.54) is 19.1 Å². The van der Waals surface area contributed by atoms with Gasteiger partial charge in [-0.05, 0) is 31.6 Å². The number of hydrogen-bond acceptors (Lipinski definition) is 3. The van der Waals surface area contributed by atoms with E-state index in [2.05, 4.69) is 11.9 Å². The monoisotopic (exact) mass is 209 g/mol. The fourth-order valence-corrected chi connectivity index (χ4v) is 2.08. The van der Waals surface area contributed by atoms with E-state index in [1.54, 1.807) is 0 Å². The van der Waals surface area contributed by atoms with Crippen molar-refractivity contribution in [2.45, 2.75) is 38.5 Å². The van der Waals surface area contributed by atoms with Crippen molar-refractivity contribution >= 4 is 5.97 Å². The van der Waals surface area contributed by atoms with Crippen molar-refractivity contribution in [2.75, 3.05) is 0 Å². The second-order valence-electron chi connectivity index (χ2n) is 4.33. The zero-order chi connectivity index (χ0) is 10.8. The van der Waals surface area contributed by atoms with Crippen molar-refractivity contribution in [3.8, 4) is 0 Å². The van der Waals surface area contributed by atoms with Crippen molar-refractivity contribution < 1.29 is 14.3 Å². The molecule has 0 radical (unpaired) electrons. The largest absolute Gasteiger partial charge is 0.476 e. The van der Waals surface area contributed by atoms with Crippen LogP contribution >= 0.6 is 0 Å². The highest BCUT2D eigenvalue weighted by molar-refractivity contribution is 5.84. The molecule has 4 nitrogen and oxygen atoms in total. The Bertz CT molecular complexity index is 350. The molecule has 0 spiro atoms. The minimum absolute atomic E-state index is 0.0172. The summed E-state index contributed by atoms with van der Waals surface area (Å²) >= 11 is 0. The first kappa shape index (κ1) is 10.2. The fraction of sp³-hybridized carbons (Fsp3) is 0.636. The molecule has 1 aliphatic rings. The van der Waals surface area contributed by atoms with Gasteiger partial charge in [0, 0.05) is 5.92 Å². The number of carboxylic acids is 1. The third-order valence-electron chi connectivity index (χ3n) is 3.11. The van der Waals surface area contributed by atoms with E-state index in [1.807, 2.05) is 0 Å². The second kappa shape index (κ2) is 4.04. The summed E-state index contributed by atoms with van der Waals surface area (Å²) in [5.74, 6) is 0.665. The van der Waals surface area contributed by atoms with Crippen LogP contribution in [0, 0.1) is 5.92 Å². The molecule has 15 heavy (non-hydrogen) atoms. The molecule has 1 aromatic rings. The molecule has 0 unspecified atom stereocenters. The molecule has 0 atom stereocenters. The molecular weight excluding hydrogens is 194 g/mol. The van der Waals surface area contributed by atoms with Gasteiger partial charge in [-0.3, -0.25) is 0 Å². The minimum Gasteiger partial charge on any atom is -0.476 e. The van der Waals surface area contributed by atoms with Gasteiger partial charge >= 0.3 is 5.97 Å². The molecule has 0 bridgehead atoms. The smallest absolute Gasteiger partial charge is 0.357 e. The Morgan fingerprint density at radius 2 is 2.13 bits per heavy atom. The molecule has 0 aliphatic heterocycles. The van der Waals surface area contributed by atoms with Crippen LogP contribution in [0.2, 0.25) is 0 Å². The molecule has 1 aliphatic carbocycles. The highest BCUT2D eigenvalue weighted by atomic mass is 16.4. The van der Waals surface area contributed by atoms with E-state index in [-0.39, 0.29) is 5.69 Å². The first-order chi connectivity index (χ1) is 7.16. The molecule has 0 saturated heterocycles. The van der Waals surface area contributed by atoms with Crippen LogP contribution in [0.25, 0.3) is 0 Å². The molecule has 1 heterocycles. The van der Waals surface area contributed by atoms with Crippen LogP contribution in [-0.4, -0.2) is 16.1 Å². The Morgan fingerprint density at radius 3 is 2.67 bits per heavy atom. The van der Waals surface area contributed by atoms with E-state index in [0.29, 0.717) is 11.8 Å². The van der Waals surface area contributed by atoms with Crippen molar-refractivity contribution in [1.82, 2.24) is 4.98 Å². The van der Waals surface area contributed by atoms with Gasteiger partial charge in [-0.2, -0.15) is 0 Å². The number of rotatable bonds is 2. The fourth-order valence-electron chi connectivity index (χ4n) is 2.08. The van der Waals surface area contributed by atoms with Crippen molar-refractivity contribution in [3.63, 3.8) is 0 Å². The second-order valence-corrected chi connectivity index (χ2v) is 4.33. The van der Waals surface area contributed by atoms with Gasteiger partial charge in [0.05, 0.1) is 0 Å². The Morgan fingerprint density at radius 1 is 1.47 bits per heavy atom. The summed E-state index contributed by atoms with van der Waals surface area (Å²) in [6.45, 7) is 2.24. The topological polar surface area (TPSA) is 63.3 Å². The lowest BCUT2D eigenvalue weighted by Crippen LogP contribution is -2.11. The van der Waals surface area contributed by atoms with Crippen molar-refractivity contribution in [3.05, 3.63) is 17.8 Å². The summed E-state index contributed by atoms with van der Waals surface area (Å²) in [5, 5.41) is 8.72. The van der Waals surface area contributed by atoms with E-state index in [9.17, 15) is 4.79 Å². The normalized spacial score (nSPS) is 26.5. The van der Waals surface area contributed by atoms with E-state index in [4.69, 9.17) is 9.52 Å². The van der Waals surface area contributed by atoms with Crippen LogP contribution in [0.1, 0.15) is 54.9 Å². The van der Waals surface area contributed by atoms with Gasteiger partial charge in [-0.25, -0.2) is 9.78 Å². The molecule has 1 saturated carbocycles. The quantitative estimate of drug-likeness (QED) is 0.813. The Balaban J connectivity index is 2.06. The van der Waals surface area contributed by atoms with Gasteiger partial charge in [-0.15, -0.1) is 0 Å². The van der Waals surface area contributed by atoms with Gasteiger partial charge in [0.25, 0.3) is 0 Å². The third kappa shape index (κ3) is 2.19. The lowest BCUT2D eigenvalue weighted by atomic mass is 9.83. The van der Waals surface area contributed by atoms with Crippen LogP contribution in [-0.2, 0) is 0 Å². The summed E-state index contributed by atoms with van der Waals surface area (Å²) < 4.78 is 5.21. The first-order valence-corrected chi connectivity index (χ1v) is 5.35. The number of aromatic carboxylic acids is 1. The minimum atomic E-state index is -1.02. The summed E-state index contributed by atoms with van der Waals surface area (Å²) in [5.41, 5.74) is 0.0172. The lowest BCUT2D eigenvalue weighted by Gasteiger charge is -2.23. The maximum absolute atomic E-state index is 10.6. The summed E-state index contributed by atoms with van der Waals surface area (Å²) in [6.07, 6.45) is 5.70. The maximum Gasteiger partial charge on any atom is 0.357 e. The standard InChI is InChI=1S/C11H15NO3/c1-7-2-4-8(5-3-7)10-12-9(6-15-10)11(13)14/h6-8H,2-5H2,1H3,(H,13,14). The molecule has 2 rings (SSSR count). The zero-order valence-electron chi connectivity index (χ0n) is 8.77. The van der Waals surface area contributed by atoms with Crippen LogP contribution in [0.4, 0.5) is 0 Å². The summed E-state index contributed by atoms with van der Waals surface area (Å²) in [7, 11) is 0. The van der Waals surface area contributed by atoms with Gasteiger partial charge in [0.15, 0.2) is 11.6 Å². The Hall–Kier alpha value is -1.32. The molecular formula is C11H15NO3. The van der Waals surface area contributed by atoms with Gasteiger partial charge in [0.2, 0.25) is 0 Å². The number of hydrogen-bond donors (Lipinski definition) is 1. The van der Waals surface area contributed by atoms with Crippen LogP contribution in [0.3, 0.4) is 0 Å². The Kier molecular flexibility index (Phi) is 2.75. The van der Waals surface area contributed by atoms with E-state index < -0.39 is 5.97 Å². The highest BCUT2D eigenvalue weighted by Gasteiger charge is 2.24. The Labute approximate surface area is 88.3 Å². The van der Waals surface area contributed by atoms with E-state index >= 15 is 0 Å². The van der Waals surface area contributed by atoms with Crippen LogP contribution < -0.4 is 0 Å². The number of carboxylic acid groups (broad SMARTS) is 1. The number of nitrogens with zero attached hydrogens (tertiary/aromatic N) is 1. The first-order valence-electron chi connectivity index (χ1n) is 5.35. The summed E-state index contributed by atoms with van der Waals surface area (Å²) in [4.78, 5) is 14.6. The maximum atomic E-state index is 10.6. The zero-order valence-corrected chi connectivity index (χ0v) is 8.77. The molecule has 82 valence electrons. The van der Waals surface area contributed by atoms with Crippen LogP contribution in [0.15, 0.2) is 10.7 Å². The molecule has 0 amide bonds. The molecule has 1 N–H and O–H groups in total. The van der Waals surface area contributed by atoms with E-state index in [0.717, 1.165) is 18.8 Å². The average molecular weight is 209 g/mol. The molecule has 0 aromatic carbocycles. The van der Waals surface area contributed by atoms with Gasteiger partial charge < -0.3 is 9.52 Å². The number of carbonyl (C=O) groups is 1. The van der Waals surface area contributed by atoms with Gasteiger partial charge in [0.1, 0.15) is 6.26 Å². The van der Waals surface area contributed by atoms with Gasteiger partial charge in [-0.1, -0.05) is 6.92 Å². The highest BCUT2D eigenvalue weighted by Crippen LogP contribution is 2.34. The van der Waals surface area contributed by atoms with Crippen molar-refractivity contribution in [2.24, 2.45) is 5.92 Å². The predicted molar refractivity (Wildman–Crippen MR) is 53.8 cm³/mol. The lowest BCUT2D eigenvalue weighted by molar-refractivity contribution is 0.0690. The number of oxazole rings is 1. The van der Waals surface area contributed by atoms with Crippen molar-refractivity contribution in [1.29, 1.82) is 0 Å². The van der Waals surface area contributed by atoms with Crippen LogP contribution in [0.5, 0.6) is 0 Å².